The Kier molecular flexibility index (Phi) is 10.9. The van der Waals surface area contributed by atoms with Crippen molar-refractivity contribution in [3.05, 3.63) is 83.1 Å². The Balaban J connectivity index is 1.72. The van der Waals surface area contributed by atoms with E-state index in [9.17, 15) is 22.4 Å². The highest BCUT2D eigenvalue weighted by atomic mass is 35.5. The van der Waals surface area contributed by atoms with E-state index in [-0.39, 0.29) is 35.4 Å². The van der Waals surface area contributed by atoms with Crippen LogP contribution in [0.5, 0.6) is 11.5 Å². The number of carbonyl (C=O) groups is 2. The summed E-state index contributed by atoms with van der Waals surface area (Å²) >= 11 is 6.06. The molecule has 0 unspecified atom stereocenters. The minimum atomic E-state index is -4.37. The summed E-state index contributed by atoms with van der Waals surface area (Å²) in [6, 6.07) is 15.0. The van der Waals surface area contributed by atoms with Gasteiger partial charge in [0, 0.05) is 24.2 Å². The van der Waals surface area contributed by atoms with Crippen LogP contribution in [0, 0.1) is 5.82 Å². The molecule has 12 heteroatoms. The van der Waals surface area contributed by atoms with Gasteiger partial charge >= 0.3 is 0 Å². The standard InChI is InChI=1S/C31H35ClFN3O6S/c1-3-5-16-34-31(38)27(4-2)35(20-22-6-8-23(32)9-7-22)30(37)21-36(25-12-10-24(33)11-13-25)43(39,40)26-14-15-28-29(19-26)42-18-17-41-28/h6-15,19,27H,3-5,16-18,20-21H2,1-2H3,(H,34,38)/t27-/m1/s1. The van der Waals surface area contributed by atoms with E-state index in [1.54, 1.807) is 31.2 Å². The predicted octanol–water partition coefficient (Wildman–Crippen LogP) is 5.17. The van der Waals surface area contributed by atoms with E-state index in [0.29, 0.717) is 35.9 Å². The maximum Gasteiger partial charge on any atom is 0.264 e. The molecule has 1 N–H and O–H groups in total. The first kappa shape index (κ1) is 32.1. The zero-order chi connectivity index (χ0) is 31.0. The molecule has 1 aliphatic heterocycles. The zero-order valence-electron chi connectivity index (χ0n) is 24.1. The molecule has 1 atom stereocenters. The first-order chi connectivity index (χ1) is 20.6. The van der Waals surface area contributed by atoms with Crippen molar-refractivity contribution in [2.45, 2.75) is 50.6 Å². The van der Waals surface area contributed by atoms with Gasteiger partial charge in [-0.05, 0) is 66.9 Å². The molecule has 0 radical (unpaired) electrons. The summed E-state index contributed by atoms with van der Waals surface area (Å²) in [6.45, 7) is 4.24. The lowest BCUT2D eigenvalue weighted by molar-refractivity contribution is -0.140. The molecular weight excluding hydrogens is 597 g/mol. The highest BCUT2D eigenvalue weighted by molar-refractivity contribution is 7.92. The molecule has 0 aliphatic carbocycles. The van der Waals surface area contributed by atoms with Crippen molar-refractivity contribution in [2.24, 2.45) is 0 Å². The van der Waals surface area contributed by atoms with E-state index in [0.717, 1.165) is 29.3 Å². The molecule has 0 fully saturated rings. The molecule has 4 rings (SSSR count). The molecule has 2 amide bonds. The van der Waals surface area contributed by atoms with Crippen LogP contribution in [-0.2, 0) is 26.2 Å². The second-order valence-corrected chi connectivity index (χ2v) is 12.3. The topological polar surface area (TPSA) is 105 Å². The molecule has 0 bridgehead atoms. The molecule has 43 heavy (non-hydrogen) atoms. The molecule has 0 spiro atoms. The Hall–Kier alpha value is -3.83. The van der Waals surface area contributed by atoms with E-state index >= 15 is 0 Å². The lowest BCUT2D eigenvalue weighted by atomic mass is 10.1. The summed E-state index contributed by atoms with van der Waals surface area (Å²) in [7, 11) is -4.37. The van der Waals surface area contributed by atoms with Crippen molar-refractivity contribution >= 4 is 39.1 Å². The molecular formula is C31H35ClFN3O6S. The van der Waals surface area contributed by atoms with Crippen LogP contribution < -0.4 is 19.1 Å². The normalized spacial score (nSPS) is 13.2. The van der Waals surface area contributed by atoms with Crippen LogP contribution in [0.15, 0.2) is 71.6 Å². The van der Waals surface area contributed by atoms with Gasteiger partial charge < -0.3 is 19.7 Å². The summed E-state index contributed by atoms with van der Waals surface area (Å²) < 4.78 is 54.0. The number of carbonyl (C=O) groups excluding carboxylic acids is 2. The lowest BCUT2D eigenvalue weighted by Gasteiger charge is -2.33. The molecule has 3 aromatic carbocycles. The van der Waals surface area contributed by atoms with Crippen molar-refractivity contribution < 1.29 is 31.9 Å². The SMILES string of the molecule is CCCCNC(=O)[C@@H](CC)N(Cc1ccc(Cl)cc1)C(=O)CN(c1ccc(F)cc1)S(=O)(=O)c1ccc2c(c1)OCCO2. The van der Waals surface area contributed by atoms with Crippen LogP contribution in [0.4, 0.5) is 10.1 Å². The third kappa shape index (κ3) is 7.97. The van der Waals surface area contributed by atoms with Crippen LogP contribution in [0.3, 0.4) is 0 Å². The van der Waals surface area contributed by atoms with Gasteiger partial charge in [-0.25, -0.2) is 12.8 Å². The number of unbranched alkanes of at least 4 members (excludes halogenated alkanes) is 1. The van der Waals surface area contributed by atoms with Gasteiger partial charge in [0.1, 0.15) is 31.6 Å². The Morgan fingerprint density at radius 2 is 1.65 bits per heavy atom. The number of nitrogens with zero attached hydrogens (tertiary/aromatic N) is 2. The van der Waals surface area contributed by atoms with Gasteiger partial charge in [0.15, 0.2) is 11.5 Å². The quantitative estimate of drug-likeness (QED) is 0.261. The minimum Gasteiger partial charge on any atom is -0.486 e. The number of nitrogens with one attached hydrogen (secondary N) is 1. The number of hydrogen-bond donors (Lipinski definition) is 1. The molecule has 3 aromatic rings. The predicted molar refractivity (Wildman–Crippen MR) is 162 cm³/mol. The van der Waals surface area contributed by atoms with Crippen LogP contribution in [0.2, 0.25) is 5.02 Å². The Morgan fingerprint density at radius 3 is 2.30 bits per heavy atom. The van der Waals surface area contributed by atoms with E-state index in [1.807, 2.05) is 6.92 Å². The van der Waals surface area contributed by atoms with Crippen molar-refractivity contribution in [2.75, 3.05) is 30.6 Å². The third-order valence-corrected chi connectivity index (χ3v) is 9.00. The molecule has 9 nitrogen and oxygen atoms in total. The van der Waals surface area contributed by atoms with Gasteiger partial charge in [0.05, 0.1) is 10.6 Å². The second-order valence-electron chi connectivity index (χ2n) is 10.0. The third-order valence-electron chi connectivity index (χ3n) is 6.98. The van der Waals surface area contributed by atoms with E-state index in [4.69, 9.17) is 21.1 Å². The molecule has 1 aliphatic rings. The van der Waals surface area contributed by atoms with Gasteiger partial charge in [-0.15, -0.1) is 0 Å². The second kappa shape index (κ2) is 14.6. The van der Waals surface area contributed by atoms with Gasteiger partial charge in [-0.1, -0.05) is 44.0 Å². The highest BCUT2D eigenvalue weighted by Gasteiger charge is 2.34. The van der Waals surface area contributed by atoms with Gasteiger partial charge in [-0.3, -0.25) is 13.9 Å². The monoisotopic (exact) mass is 631 g/mol. The smallest absolute Gasteiger partial charge is 0.264 e. The van der Waals surface area contributed by atoms with Crippen molar-refractivity contribution in [1.29, 1.82) is 0 Å². The molecule has 1 heterocycles. The first-order valence-electron chi connectivity index (χ1n) is 14.1. The molecule has 0 aromatic heterocycles. The minimum absolute atomic E-state index is 0.0387. The van der Waals surface area contributed by atoms with Crippen molar-refractivity contribution in [1.82, 2.24) is 10.2 Å². The summed E-state index contributed by atoms with van der Waals surface area (Å²) in [5, 5.41) is 3.40. The van der Waals surface area contributed by atoms with Crippen molar-refractivity contribution in [3.63, 3.8) is 0 Å². The van der Waals surface area contributed by atoms with Crippen LogP contribution in [0.25, 0.3) is 0 Å². The van der Waals surface area contributed by atoms with Gasteiger partial charge in [0.25, 0.3) is 10.0 Å². The van der Waals surface area contributed by atoms with Crippen LogP contribution >= 0.6 is 11.6 Å². The fourth-order valence-electron chi connectivity index (χ4n) is 4.66. The van der Waals surface area contributed by atoms with Gasteiger partial charge in [0.2, 0.25) is 11.8 Å². The zero-order valence-corrected chi connectivity index (χ0v) is 25.7. The summed E-state index contributed by atoms with van der Waals surface area (Å²) in [5.74, 6) is -0.842. The van der Waals surface area contributed by atoms with E-state index in [2.05, 4.69) is 5.32 Å². The maximum absolute atomic E-state index is 14.1. The number of halogens is 2. The highest BCUT2D eigenvalue weighted by Crippen LogP contribution is 2.34. The number of benzene rings is 3. The maximum atomic E-state index is 14.1. The number of rotatable bonds is 13. The lowest BCUT2D eigenvalue weighted by Crippen LogP contribution is -2.52. The average Bonchev–Trinajstić information content (AvgIpc) is 3.01. The number of sulfonamides is 1. The number of ether oxygens (including phenoxy) is 2. The van der Waals surface area contributed by atoms with E-state index in [1.165, 1.54) is 35.2 Å². The Morgan fingerprint density at radius 1 is 0.977 bits per heavy atom. The fourth-order valence-corrected chi connectivity index (χ4v) is 6.22. The number of anilines is 1. The average molecular weight is 632 g/mol. The molecule has 0 saturated carbocycles. The molecule has 0 saturated heterocycles. The summed E-state index contributed by atoms with van der Waals surface area (Å²) in [6.07, 6.45) is 1.96. The Labute approximate surface area is 256 Å². The summed E-state index contributed by atoms with van der Waals surface area (Å²) in [4.78, 5) is 28.6. The first-order valence-corrected chi connectivity index (χ1v) is 16.0. The van der Waals surface area contributed by atoms with Crippen LogP contribution in [0.1, 0.15) is 38.7 Å². The number of hydrogen-bond acceptors (Lipinski definition) is 6. The molecule has 230 valence electrons. The van der Waals surface area contributed by atoms with Crippen molar-refractivity contribution in [3.8, 4) is 11.5 Å². The number of amides is 2. The Bertz CT molecular complexity index is 1520. The summed E-state index contributed by atoms with van der Waals surface area (Å²) in [5.41, 5.74) is 0.789. The fraction of sp³-hybridized carbons (Fsp3) is 0.355. The largest absolute Gasteiger partial charge is 0.486 e. The van der Waals surface area contributed by atoms with E-state index < -0.39 is 34.3 Å². The number of fused-ring (bicyclic) bond motifs is 1. The van der Waals surface area contributed by atoms with Crippen LogP contribution in [-0.4, -0.2) is 57.5 Å². The van der Waals surface area contributed by atoms with Gasteiger partial charge in [-0.2, -0.15) is 0 Å².